The van der Waals surface area contributed by atoms with Crippen LogP contribution >= 0.6 is 12.2 Å². The highest BCUT2D eigenvalue weighted by molar-refractivity contribution is 7.80. The molecule has 9 nitrogen and oxygen atoms in total. The van der Waals surface area contributed by atoms with Crippen molar-refractivity contribution in [2.75, 3.05) is 11.9 Å². The third-order valence-electron chi connectivity index (χ3n) is 6.85. The van der Waals surface area contributed by atoms with E-state index in [2.05, 4.69) is 22.5 Å². The predicted molar refractivity (Wildman–Crippen MR) is 154 cm³/mol. The maximum Gasteiger partial charge on any atom is 0.271 e. The smallest absolute Gasteiger partial charge is 0.271 e. The number of aromatic nitrogens is 2. The van der Waals surface area contributed by atoms with E-state index in [4.69, 9.17) is 12.2 Å². The molecule has 0 aliphatic carbocycles. The zero-order valence-electron chi connectivity index (χ0n) is 21.4. The summed E-state index contributed by atoms with van der Waals surface area (Å²) in [5.41, 5.74) is 4.24. The molecule has 3 heterocycles. The molecular formula is C29H28N6O3S. The lowest BCUT2D eigenvalue weighted by atomic mass is 10.0. The Hall–Kier alpha value is -4.57. The van der Waals surface area contributed by atoms with Gasteiger partial charge in [0.2, 0.25) is 5.91 Å². The molecule has 2 atom stereocenters. The van der Waals surface area contributed by atoms with Crippen LogP contribution < -0.4 is 10.6 Å². The van der Waals surface area contributed by atoms with Gasteiger partial charge in [0.1, 0.15) is 0 Å². The van der Waals surface area contributed by atoms with Gasteiger partial charge in [-0.25, -0.2) is 0 Å². The average Bonchev–Trinajstić information content (AvgIpc) is 3.57. The van der Waals surface area contributed by atoms with E-state index in [1.165, 1.54) is 6.07 Å². The highest BCUT2D eigenvalue weighted by Crippen LogP contribution is 2.39. The van der Waals surface area contributed by atoms with Crippen LogP contribution in [0.3, 0.4) is 0 Å². The van der Waals surface area contributed by atoms with Crippen LogP contribution in [0.5, 0.6) is 0 Å². The fourth-order valence-corrected chi connectivity index (χ4v) is 5.31. The lowest BCUT2D eigenvalue weighted by Gasteiger charge is -2.29. The number of anilines is 1. The molecule has 1 aliphatic heterocycles. The van der Waals surface area contributed by atoms with E-state index < -0.39 is 4.92 Å². The number of hydrogen-bond acceptors (Lipinski definition) is 5. The Balaban J connectivity index is 1.46. The lowest BCUT2D eigenvalue weighted by Crippen LogP contribution is -2.33. The molecule has 0 unspecified atom stereocenters. The summed E-state index contributed by atoms with van der Waals surface area (Å²) in [4.78, 5) is 30.6. The van der Waals surface area contributed by atoms with Gasteiger partial charge < -0.3 is 20.1 Å². The molecule has 1 amide bonds. The van der Waals surface area contributed by atoms with Crippen LogP contribution in [-0.2, 0) is 11.2 Å². The fourth-order valence-electron chi connectivity index (χ4n) is 4.98. The molecule has 0 saturated carbocycles. The number of carbonyl (C=O) groups excluding carboxylic acids is 1. The summed E-state index contributed by atoms with van der Waals surface area (Å²) in [7, 11) is 0. The summed E-state index contributed by atoms with van der Waals surface area (Å²) >= 11 is 5.76. The highest BCUT2D eigenvalue weighted by atomic mass is 32.1. The van der Waals surface area contributed by atoms with Gasteiger partial charge in [0.15, 0.2) is 5.11 Å². The molecule has 2 N–H and O–H groups in total. The standard InChI is InChI=1S/C29H28N6O3S/c1-2-20-9-3-4-12-23(20)31-26(36)15-18-34-28(27(32-29(34)39)24-13-5-6-16-30-24)25-14-8-17-33(25)21-10-7-11-22(19-21)35(37)38/h3-14,16-17,19,27-28H,2,15,18H2,1H3,(H,31,36)(H,32,39)/t27-,28+/m0/s1. The number of aryl methyl sites for hydroxylation is 1. The van der Waals surface area contributed by atoms with Crippen LogP contribution in [-0.4, -0.2) is 36.9 Å². The number of para-hydroxylation sites is 1. The van der Waals surface area contributed by atoms with E-state index in [0.29, 0.717) is 17.3 Å². The lowest BCUT2D eigenvalue weighted by molar-refractivity contribution is -0.384. The number of nitro groups is 1. The number of carbonyl (C=O) groups is 1. The summed E-state index contributed by atoms with van der Waals surface area (Å²) in [5.74, 6) is -0.104. The summed E-state index contributed by atoms with van der Waals surface area (Å²) in [5, 5.41) is 18.4. The van der Waals surface area contributed by atoms with E-state index in [1.54, 1.807) is 18.3 Å². The molecule has 198 valence electrons. The zero-order chi connectivity index (χ0) is 27.4. The van der Waals surface area contributed by atoms with Crippen molar-refractivity contribution in [1.82, 2.24) is 19.8 Å². The molecule has 5 rings (SSSR count). The number of amides is 1. The molecule has 2 aromatic heterocycles. The Labute approximate surface area is 231 Å². The van der Waals surface area contributed by atoms with Gasteiger partial charge in [0.25, 0.3) is 5.69 Å². The second kappa shape index (κ2) is 11.4. The molecule has 0 radical (unpaired) electrons. The third-order valence-corrected chi connectivity index (χ3v) is 7.20. The zero-order valence-corrected chi connectivity index (χ0v) is 22.2. The number of nitrogens with one attached hydrogen (secondary N) is 2. The minimum Gasteiger partial charge on any atom is -0.352 e. The predicted octanol–water partition coefficient (Wildman–Crippen LogP) is 5.34. The molecule has 0 bridgehead atoms. The monoisotopic (exact) mass is 540 g/mol. The summed E-state index contributed by atoms with van der Waals surface area (Å²) in [6.45, 7) is 2.43. The second-order valence-electron chi connectivity index (χ2n) is 9.21. The summed E-state index contributed by atoms with van der Waals surface area (Å²) in [6.07, 6.45) is 4.65. The van der Waals surface area contributed by atoms with E-state index in [1.807, 2.05) is 76.3 Å². The maximum atomic E-state index is 13.0. The maximum absolute atomic E-state index is 13.0. The van der Waals surface area contributed by atoms with Crippen molar-refractivity contribution < 1.29 is 9.72 Å². The molecule has 39 heavy (non-hydrogen) atoms. The first-order chi connectivity index (χ1) is 19.0. The quantitative estimate of drug-likeness (QED) is 0.168. The number of benzene rings is 2. The Kier molecular flexibility index (Phi) is 7.64. The average molecular weight is 541 g/mol. The Morgan fingerprint density at radius 3 is 2.69 bits per heavy atom. The number of pyridine rings is 1. The second-order valence-corrected chi connectivity index (χ2v) is 9.60. The Bertz CT molecular complexity index is 1510. The Morgan fingerprint density at radius 2 is 1.92 bits per heavy atom. The van der Waals surface area contributed by atoms with Crippen LogP contribution in [0.1, 0.15) is 42.4 Å². The van der Waals surface area contributed by atoms with Crippen molar-refractivity contribution in [3.8, 4) is 5.69 Å². The molecule has 4 aromatic rings. The van der Waals surface area contributed by atoms with Gasteiger partial charge in [0.05, 0.1) is 28.4 Å². The van der Waals surface area contributed by atoms with Crippen LogP contribution in [0.4, 0.5) is 11.4 Å². The molecule has 1 fully saturated rings. The highest BCUT2D eigenvalue weighted by Gasteiger charge is 2.41. The van der Waals surface area contributed by atoms with E-state index in [-0.39, 0.29) is 30.1 Å². The van der Waals surface area contributed by atoms with Crippen molar-refractivity contribution in [3.05, 3.63) is 118 Å². The first-order valence-electron chi connectivity index (χ1n) is 12.7. The molecular weight excluding hydrogens is 512 g/mol. The van der Waals surface area contributed by atoms with Crippen molar-refractivity contribution in [1.29, 1.82) is 0 Å². The minimum atomic E-state index is -0.406. The number of rotatable bonds is 9. The molecule has 2 aromatic carbocycles. The van der Waals surface area contributed by atoms with Crippen LogP contribution in [0, 0.1) is 10.1 Å². The van der Waals surface area contributed by atoms with E-state index in [0.717, 1.165) is 29.1 Å². The third kappa shape index (κ3) is 5.51. The molecule has 1 saturated heterocycles. The van der Waals surface area contributed by atoms with Gasteiger partial charge in [-0.15, -0.1) is 0 Å². The van der Waals surface area contributed by atoms with Gasteiger partial charge in [-0.1, -0.05) is 37.3 Å². The van der Waals surface area contributed by atoms with Gasteiger partial charge >= 0.3 is 0 Å². The van der Waals surface area contributed by atoms with E-state index in [9.17, 15) is 14.9 Å². The minimum absolute atomic E-state index is 0.00869. The topological polar surface area (TPSA) is 105 Å². The fraction of sp³-hybridized carbons (Fsp3) is 0.207. The van der Waals surface area contributed by atoms with Gasteiger partial charge in [-0.3, -0.25) is 19.9 Å². The number of nitro benzene ring substituents is 1. The SMILES string of the molecule is CCc1ccccc1NC(=O)CCN1C(=S)N[C@@H](c2ccccn2)[C@H]1c1cccn1-c1cccc([N+](=O)[O-])c1. The van der Waals surface area contributed by atoms with Crippen molar-refractivity contribution in [2.24, 2.45) is 0 Å². The summed E-state index contributed by atoms with van der Waals surface area (Å²) < 4.78 is 1.92. The Morgan fingerprint density at radius 1 is 1.10 bits per heavy atom. The number of non-ortho nitro benzene ring substituents is 1. The number of hydrogen-bond donors (Lipinski definition) is 2. The van der Waals surface area contributed by atoms with Crippen molar-refractivity contribution in [3.63, 3.8) is 0 Å². The number of nitrogens with zero attached hydrogens (tertiary/aromatic N) is 4. The van der Waals surface area contributed by atoms with Crippen molar-refractivity contribution in [2.45, 2.75) is 31.8 Å². The van der Waals surface area contributed by atoms with Crippen LogP contribution in [0.25, 0.3) is 5.69 Å². The van der Waals surface area contributed by atoms with Gasteiger partial charge in [-0.2, -0.15) is 0 Å². The van der Waals surface area contributed by atoms with E-state index >= 15 is 0 Å². The normalized spacial score (nSPS) is 16.6. The first-order valence-corrected chi connectivity index (χ1v) is 13.1. The first kappa shape index (κ1) is 26.1. The van der Waals surface area contributed by atoms with Crippen LogP contribution in [0.15, 0.2) is 91.3 Å². The summed E-state index contributed by atoms with van der Waals surface area (Å²) in [6, 6.07) is 23.3. The van der Waals surface area contributed by atoms with Gasteiger partial charge in [-0.05, 0) is 60.6 Å². The molecule has 0 spiro atoms. The van der Waals surface area contributed by atoms with Crippen molar-refractivity contribution >= 4 is 34.6 Å². The molecule has 10 heteroatoms. The van der Waals surface area contributed by atoms with Crippen LogP contribution in [0.2, 0.25) is 0 Å². The molecule has 1 aliphatic rings. The van der Waals surface area contributed by atoms with Gasteiger partial charge in [0, 0.05) is 48.9 Å². The number of thiocarbonyl (C=S) groups is 1. The largest absolute Gasteiger partial charge is 0.352 e.